The predicted octanol–water partition coefficient (Wildman–Crippen LogP) is 2.35. The predicted molar refractivity (Wildman–Crippen MR) is 70.8 cm³/mol. The maximum absolute atomic E-state index is 6.04. The third-order valence-corrected chi connectivity index (χ3v) is 3.34. The summed E-state index contributed by atoms with van der Waals surface area (Å²) in [5.74, 6) is 1.06. The lowest BCUT2D eigenvalue weighted by atomic mass is 9.99. The molecule has 3 rings (SSSR count). The van der Waals surface area contributed by atoms with Gasteiger partial charge in [-0.05, 0) is 25.0 Å². The van der Waals surface area contributed by atoms with Crippen molar-refractivity contribution in [2.75, 3.05) is 18.9 Å². The van der Waals surface area contributed by atoms with E-state index in [0.29, 0.717) is 11.7 Å². The van der Waals surface area contributed by atoms with E-state index in [1.54, 1.807) is 4.68 Å². The molecule has 0 amide bonds. The van der Waals surface area contributed by atoms with E-state index in [2.05, 4.69) is 5.10 Å². The van der Waals surface area contributed by atoms with E-state index in [1.165, 1.54) is 0 Å². The molecule has 1 atom stereocenters. The molecule has 18 heavy (non-hydrogen) atoms. The zero-order valence-corrected chi connectivity index (χ0v) is 10.2. The second-order valence-corrected chi connectivity index (χ2v) is 4.66. The second-order valence-electron chi connectivity index (χ2n) is 4.66. The van der Waals surface area contributed by atoms with Gasteiger partial charge in [-0.3, -0.25) is 0 Å². The molecule has 0 radical (unpaired) electrons. The molecule has 94 valence electrons. The first-order valence-electron chi connectivity index (χ1n) is 6.33. The summed E-state index contributed by atoms with van der Waals surface area (Å²) < 4.78 is 7.30. The summed E-state index contributed by atoms with van der Waals surface area (Å²) in [7, 11) is 0. The van der Waals surface area contributed by atoms with Gasteiger partial charge in [0.1, 0.15) is 5.82 Å². The van der Waals surface area contributed by atoms with Crippen molar-refractivity contribution in [2.45, 2.75) is 18.8 Å². The Hall–Kier alpha value is -1.81. The van der Waals surface area contributed by atoms with Crippen molar-refractivity contribution in [1.82, 2.24) is 9.78 Å². The van der Waals surface area contributed by atoms with Crippen LogP contribution in [0.2, 0.25) is 0 Å². The Bertz CT molecular complexity index is 515. The lowest BCUT2D eigenvalue weighted by molar-refractivity contribution is 0.0792. The first kappa shape index (κ1) is 11.3. The molecule has 2 N–H and O–H groups in total. The van der Waals surface area contributed by atoms with E-state index in [1.807, 2.05) is 36.4 Å². The first-order chi connectivity index (χ1) is 8.84. The van der Waals surface area contributed by atoms with Crippen LogP contribution >= 0.6 is 0 Å². The van der Waals surface area contributed by atoms with Gasteiger partial charge in [-0.2, -0.15) is 5.10 Å². The van der Waals surface area contributed by atoms with Crippen LogP contribution in [0, 0.1) is 0 Å². The van der Waals surface area contributed by atoms with E-state index in [0.717, 1.165) is 37.4 Å². The fraction of sp³-hybridized carbons (Fsp3) is 0.357. The Labute approximate surface area is 106 Å². The van der Waals surface area contributed by atoms with E-state index in [4.69, 9.17) is 10.5 Å². The van der Waals surface area contributed by atoms with Crippen molar-refractivity contribution in [3.63, 3.8) is 0 Å². The number of hydrogen-bond acceptors (Lipinski definition) is 3. The number of anilines is 1. The maximum atomic E-state index is 6.04. The van der Waals surface area contributed by atoms with Gasteiger partial charge in [0, 0.05) is 18.6 Å². The number of ether oxygens (including phenoxy) is 1. The van der Waals surface area contributed by atoms with Crippen molar-refractivity contribution >= 4 is 5.82 Å². The zero-order chi connectivity index (χ0) is 12.4. The number of hydrogen-bond donors (Lipinski definition) is 1. The third kappa shape index (κ3) is 2.11. The molecule has 1 aliphatic heterocycles. The molecule has 0 bridgehead atoms. The van der Waals surface area contributed by atoms with Crippen LogP contribution in [0.15, 0.2) is 36.4 Å². The van der Waals surface area contributed by atoms with E-state index < -0.39 is 0 Å². The molecule has 1 aromatic carbocycles. The topological polar surface area (TPSA) is 53.1 Å². The number of nitrogens with zero attached hydrogens (tertiary/aromatic N) is 2. The highest BCUT2D eigenvalue weighted by Crippen LogP contribution is 2.26. The quantitative estimate of drug-likeness (QED) is 0.880. The average molecular weight is 243 g/mol. The van der Waals surface area contributed by atoms with Gasteiger partial charge in [0.15, 0.2) is 0 Å². The summed E-state index contributed by atoms with van der Waals surface area (Å²) in [5.41, 5.74) is 8.08. The number of benzene rings is 1. The largest absolute Gasteiger partial charge is 0.384 e. The van der Waals surface area contributed by atoms with Crippen LogP contribution in [0.25, 0.3) is 5.69 Å². The SMILES string of the molecule is Nc1cc(C2CCCOC2)nn1-c1ccccc1. The molecule has 2 heterocycles. The minimum atomic E-state index is 0.381. The minimum absolute atomic E-state index is 0.381. The van der Waals surface area contributed by atoms with Gasteiger partial charge in [0.2, 0.25) is 0 Å². The standard InChI is InChI=1S/C14H17N3O/c15-14-9-13(11-5-4-8-18-10-11)16-17(14)12-6-2-1-3-7-12/h1-3,6-7,9,11H,4-5,8,10,15H2. The summed E-state index contributed by atoms with van der Waals surface area (Å²) in [6, 6.07) is 11.9. The van der Waals surface area contributed by atoms with Crippen LogP contribution in [-0.2, 0) is 4.74 Å². The Morgan fingerprint density at radius 3 is 2.83 bits per heavy atom. The highest BCUT2D eigenvalue weighted by Gasteiger charge is 2.20. The zero-order valence-electron chi connectivity index (χ0n) is 10.2. The molecular weight excluding hydrogens is 226 g/mol. The summed E-state index contributed by atoms with van der Waals surface area (Å²) in [5, 5.41) is 4.62. The number of nitrogens with two attached hydrogens (primary N) is 1. The van der Waals surface area contributed by atoms with Gasteiger partial charge in [-0.1, -0.05) is 18.2 Å². The molecule has 0 aliphatic carbocycles. The molecule has 1 saturated heterocycles. The van der Waals surface area contributed by atoms with Crippen LogP contribution in [0.3, 0.4) is 0 Å². The Kier molecular flexibility index (Phi) is 3.02. The highest BCUT2D eigenvalue weighted by molar-refractivity contribution is 5.43. The van der Waals surface area contributed by atoms with Crippen molar-refractivity contribution in [1.29, 1.82) is 0 Å². The summed E-state index contributed by atoms with van der Waals surface area (Å²) in [6.07, 6.45) is 2.23. The van der Waals surface area contributed by atoms with Gasteiger partial charge in [-0.15, -0.1) is 0 Å². The lowest BCUT2D eigenvalue weighted by Crippen LogP contribution is -2.16. The molecule has 1 fully saturated rings. The fourth-order valence-electron chi connectivity index (χ4n) is 2.36. The van der Waals surface area contributed by atoms with Crippen molar-refractivity contribution in [3.05, 3.63) is 42.1 Å². The van der Waals surface area contributed by atoms with Gasteiger partial charge in [0.05, 0.1) is 18.0 Å². The number of rotatable bonds is 2. The van der Waals surface area contributed by atoms with Crippen LogP contribution in [0.4, 0.5) is 5.82 Å². The molecular formula is C14H17N3O. The monoisotopic (exact) mass is 243 g/mol. The molecule has 0 spiro atoms. The van der Waals surface area contributed by atoms with Crippen LogP contribution < -0.4 is 5.73 Å². The van der Waals surface area contributed by atoms with Gasteiger partial charge in [-0.25, -0.2) is 4.68 Å². The van der Waals surface area contributed by atoms with E-state index in [9.17, 15) is 0 Å². The number of nitrogen functional groups attached to an aromatic ring is 1. The molecule has 1 aliphatic rings. The molecule has 4 heteroatoms. The number of aromatic nitrogens is 2. The van der Waals surface area contributed by atoms with E-state index in [-0.39, 0.29) is 0 Å². The van der Waals surface area contributed by atoms with Crippen molar-refractivity contribution < 1.29 is 4.74 Å². The van der Waals surface area contributed by atoms with Gasteiger partial charge < -0.3 is 10.5 Å². The summed E-state index contributed by atoms with van der Waals surface area (Å²) in [6.45, 7) is 1.62. The Morgan fingerprint density at radius 2 is 2.11 bits per heavy atom. The first-order valence-corrected chi connectivity index (χ1v) is 6.33. The van der Waals surface area contributed by atoms with Crippen molar-refractivity contribution in [2.24, 2.45) is 0 Å². The number of para-hydroxylation sites is 1. The fourth-order valence-corrected chi connectivity index (χ4v) is 2.36. The molecule has 1 unspecified atom stereocenters. The third-order valence-electron chi connectivity index (χ3n) is 3.34. The van der Waals surface area contributed by atoms with E-state index >= 15 is 0 Å². The van der Waals surface area contributed by atoms with Gasteiger partial charge >= 0.3 is 0 Å². The lowest BCUT2D eigenvalue weighted by Gasteiger charge is -2.19. The molecule has 4 nitrogen and oxygen atoms in total. The Balaban J connectivity index is 1.91. The van der Waals surface area contributed by atoms with Crippen molar-refractivity contribution in [3.8, 4) is 5.69 Å². The summed E-state index contributed by atoms with van der Waals surface area (Å²) >= 11 is 0. The highest BCUT2D eigenvalue weighted by atomic mass is 16.5. The molecule has 0 saturated carbocycles. The minimum Gasteiger partial charge on any atom is -0.384 e. The van der Waals surface area contributed by atoms with Crippen LogP contribution in [-0.4, -0.2) is 23.0 Å². The molecule has 1 aromatic heterocycles. The smallest absolute Gasteiger partial charge is 0.127 e. The normalized spacial score (nSPS) is 19.9. The average Bonchev–Trinajstić information content (AvgIpc) is 2.83. The summed E-state index contributed by atoms with van der Waals surface area (Å²) in [4.78, 5) is 0. The van der Waals surface area contributed by atoms with Gasteiger partial charge in [0.25, 0.3) is 0 Å². The Morgan fingerprint density at radius 1 is 1.28 bits per heavy atom. The second kappa shape index (κ2) is 4.82. The maximum Gasteiger partial charge on any atom is 0.127 e. The van der Waals surface area contributed by atoms with Crippen LogP contribution in [0.5, 0.6) is 0 Å². The molecule has 2 aromatic rings. The van der Waals surface area contributed by atoms with Crippen LogP contribution in [0.1, 0.15) is 24.5 Å².